The fraction of sp³-hybridized carbons (Fsp3) is 0.636. The number of halogens is 1. The second kappa shape index (κ2) is 4.63. The summed E-state index contributed by atoms with van der Waals surface area (Å²) in [6.07, 6.45) is 5.71. The maximum atomic E-state index is 4.58. The fourth-order valence-electron chi connectivity index (χ4n) is 2.19. The van der Waals surface area contributed by atoms with Crippen LogP contribution in [-0.4, -0.2) is 17.0 Å². The van der Waals surface area contributed by atoms with Crippen molar-refractivity contribution < 1.29 is 0 Å². The van der Waals surface area contributed by atoms with Gasteiger partial charge in [0.15, 0.2) is 0 Å². The first-order valence-corrected chi connectivity index (χ1v) is 6.48. The third-order valence-corrected chi connectivity index (χ3v) is 3.85. The van der Waals surface area contributed by atoms with Crippen molar-refractivity contribution in [3.8, 4) is 0 Å². The molecule has 1 aliphatic rings. The van der Waals surface area contributed by atoms with Crippen LogP contribution in [0.5, 0.6) is 0 Å². The van der Waals surface area contributed by atoms with E-state index in [4.69, 9.17) is 0 Å². The average molecular weight is 317 g/mol. The Balaban J connectivity index is 2.21. The number of hydrogen-bond acceptors (Lipinski definition) is 3. The van der Waals surface area contributed by atoms with Crippen LogP contribution in [0.4, 0.5) is 5.82 Å². The van der Waals surface area contributed by atoms with Crippen LogP contribution in [0.1, 0.15) is 37.9 Å². The molecular weight excluding hydrogens is 301 g/mol. The molecule has 1 aromatic rings. The SMILES string of the molecule is CNc1nc(C2CCC(C)C2)ncc1I. The van der Waals surface area contributed by atoms with Crippen molar-refractivity contribution in [2.45, 2.75) is 32.1 Å². The van der Waals surface area contributed by atoms with Gasteiger partial charge in [-0.05, 0) is 47.8 Å². The summed E-state index contributed by atoms with van der Waals surface area (Å²) in [6, 6.07) is 0. The van der Waals surface area contributed by atoms with Gasteiger partial charge in [-0.25, -0.2) is 9.97 Å². The van der Waals surface area contributed by atoms with E-state index in [-0.39, 0.29) is 0 Å². The second-order valence-corrected chi connectivity index (χ2v) is 5.45. The van der Waals surface area contributed by atoms with Gasteiger partial charge in [0, 0.05) is 19.2 Å². The van der Waals surface area contributed by atoms with E-state index < -0.39 is 0 Å². The summed E-state index contributed by atoms with van der Waals surface area (Å²) < 4.78 is 1.09. The lowest BCUT2D eigenvalue weighted by atomic mass is 10.1. The third-order valence-electron chi connectivity index (χ3n) is 3.06. The smallest absolute Gasteiger partial charge is 0.142 e. The highest BCUT2D eigenvalue weighted by Crippen LogP contribution is 2.36. The number of aromatic nitrogens is 2. The lowest BCUT2D eigenvalue weighted by Gasteiger charge is -2.10. The zero-order chi connectivity index (χ0) is 10.8. The maximum Gasteiger partial charge on any atom is 0.142 e. The van der Waals surface area contributed by atoms with Crippen LogP contribution in [0.25, 0.3) is 0 Å². The van der Waals surface area contributed by atoms with E-state index in [0.717, 1.165) is 21.1 Å². The molecule has 0 aromatic carbocycles. The molecule has 2 unspecified atom stereocenters. The van der Waals surface area contributed by atoms with Crippen LogP contribution in [0, 0.1) is 9.49 Å². The van der Waals surface area contributed by atoms with Crippen molar-refractivity contribution in [3.05, 3.63) is 15.6 Å². The van der Waals surface area contributed by atoms with Gasteiger partial charge in [-0.15, -0.1) is 0 Å². The first-order valence-electron chi connectivity index (χ1n) is 5.41. The average Bonchev–Trinajstić information content (AvgIpc) is 2.66. The van der Waals surface area contributed by atoms with Crippen LogP contribution in [0.15, 0.2) is 6.20 Å². The molecule has 0 saturated heterocycles. The number of hydrogen-bond donors (Lipinski definition) is 1. The van der Waals surface area contributed by atoms with Gasteiger partial charge in [-0.3, -0.25) is 0 Å². The summed E-state index contributed by atoms with van der Waals surface area (Å²) in [5, 5.41) is 3.11. The molecule has 2 rings (SSSR count). The molecule has 0 amide bonds. The molecule has 4 heteroatoms. The van der Waals surface area contributed by atoms with Crippen LogP contribution in [0.2, 0.25) is 0 Å². The minimum absolute atomic E-state index is 0.573. The van der Waals surface area contributed by atoms with Crippen LogP contribution >= 0.6 is 22.6 Å². The molecule has 1 fully saturated rings. The third kappa shape index (κ3) is 2.41. The van der Waals surface area contributed by atoms with Gasteiger partial charge < -0.3 is 5.32 Å². The van der Waals surface area contributed by atoms with Crippen molar-refractivity contribution in [1.29, 1.82) is 0 Å². The van der Waals surface area contributed by atoms with E-state index in [1.807, 2.05) is 13.2 Å². The van der Waals surface area contributed by atoms with E-state index in [2.05, 4.69) is 44.8 Å². The summed E-state index contributed by atoms with van der Waals surface area (Å²) in [4.78, 5) is 9.02. The Bertz CT molecular complexity index is 354. The molecule has 0 aliphatic heterocycles. The first-order chi connectivity index (χ1) is 7.20. The normalized spacial score (nSPS) is 25.5. The lowest BCUT2D eigenvalue weighted by molar-refractivity contribution is 0.585. The van der Waals surface area contributed by atoms with Crippen molar-refractivity contribution >= 4 is 28.4 Å². The minimum Gasteiger partial charge on any atom is -0.372 e. The Labute approximate surface area is 104 Å². The topological polar surface area (TPSA) is 37.8 Å². The first kappa shape index (κ1) is 11.1. The zero-order valence-electron chi connectivity index (χ0n) is 9.13. The number of nitrogens with zero attached hydrogens (tertiary/aromatic N) is 2. The molecule has 3 nitrogen and oxygen atoms in total. The molecule has 82 valence electrons. The standard InChI is InChI=1S/C11H16IN3/c1-7-3-4-8(5-7)10-14-6-9(12)11(13-2)15-10/h6-8H,3-5H2,1-2H3,(H,13,14,15). The van der Waals surface area contributed by atoms with E-state index in [1.165, 1.54) is 19.3 Å². The van der Waals surface area contributed by atoms with E-state index >= 15 is 0 Å². The molecule has 0 bridgehead atoms. The Hall–Kier alpha value is -0.390. The minimum atomic E-state index is 0.573. The van der Waals surface area contributed by atoms with Crippen molar-refractivity contribution in [3.63, 3.8) is 0 Å². The Morgan fingerprint density at radius 1 is 1.47 bits per heavy atom. The Morgan fingerprint density at radius 2 is 2.27 bits per heavy atom. The van der Waals surface area contributed by atoms with E-state index in [0.29, 0.717) is 5.92 Å². The Morgan fingerprint density at radius 3 is 2.87 bits per heavy atom. The number of anilines is 1. The van der Waals surface area contributed by atoms with Crippen LogP contribution < -0.4 is 5.32 Å². The monoisotopic (exact) mass is 317 g/mol. The van der Waals surface area contributed by atoms with Gasteiger partial charge in [-0.2, -0.15) is 0 Å². The van der Waals surface area contributed by atoms with E-state index in [9.17, 15) is 0 Å². The van der Waals surface area contributed by atoms with E-state index in [1.54, 1.807) is 0 Å². The molecule has 1 aliphatic carbocycles. The molecule has 15 heavy (non-hydrogen) atoms. The molecule has 1 N–H and O–H groups in total. The zero-order valence-corrected chi connectivity index (χ0v) is 11.3. The van der Waals surface area contributed by atoms with Gasteiger partial charge in [0.25, 0.3) is 0 Å². The molecule has 1 saturated carbocycles. The highest BCUT2D eigenvalue weighted by molar-refractivity contribution is 14.1. The van der Waals surface area contributed by atoms with Crippen molar-refractivity contribution in [2.24, 2.45) is 5.92 Å². The second-order valence-electron chi connectivity index (χ2n) is 4.29. The molecule has 0 radical (unpaired) electrons. The van der Waals surface area contributed by atoms with Crippen molar-refractivity contribution in [1.82, 2.24) is 9.97 Å². The summed E-state index contributed by atoms with van der Waals surface area (Å²) in [6.45, 7) is 2.31. The van der Waals surface area contributed by atoms with Gasteiger partial charge in [0.05, 0.1) is 3.57 Å². The quantitative estimate of drug-likeness (QED) is 0.852. The fourth-order valence-corrected chi connectivity index (χ4v) is 2.72. The number of nitrogens with one attached hydrogen (secondary N) is 1. The highest BCUT2D eigenvalue weighted by Gasteiger charge is 2.25. The summed E-state index contributed by atoms with van der Waals surface area (Å²) >= 11 is 2.26. The lowest BCUT2D eigenvalue weighted by Crippen LogP contribution is -2.05. The van der Waals surface area contributed by atoms with Gasteiger partial charge >= 0.3 is 0 Å². The summed E-state index contributed by atoms with van der Waals surface area (Å²) in [5.74, 6) is 3.38. The summed E-state index contributed by atoms with van der Waals surface area (Å²) in [7, 11) is 1.91. The predicted molar refractivity (Wildman–Crippen MR) is 70.1 cm³/mol. The maximum absolute atomic E-state index is 4.58. The predicted octanol–water partition coefficient (Wildman–Crippen LogP) is 3.03. The van der Waals surface area contributed by atoms with Gasteiger partial charge in [0.1, 0.15) is 11.6 Å². The summed E-state index contributed by atoms with van der Waals surface area (Å²) in [5.41, 5.74) is 0. The van der Waals surface area contributed by atoms with Gasteiger partial charge in [0.2, 0.25) is 0 Å². The van der Waals surface area contributed by atoms with Crippen LogP contribution in [0.3, 0.4) is 0 Å². The molecule has 1 aromatic heterocycles. The van der Waals surface area contributed by atoms with Crippen molar-refractivity contribution in [2.75, 3.05) is 12.4 Å². The highest BCUT2D eigenvalue weighted by atomic mass is 127. The molecular formula is C11H16IN3. The largest absolute Gasteiger partial charge is 0.372 e. The molecule has 1 heterocycles. The molecule has 2 atom stereocenters. The Kier molecular flexibility index (Phi) is 3.43. The van der Waals surface area contributed by atoms with Gasteiger partial charge in [-0.1, -0.05) is 6.92 Å². The van der Waals surface area contributed by atoms with Crippen LogP contribution in [-0.2, 0) is 0 Å². The molecule has 0 spiro atoms. The number of rotatable bonds is 2.